The fourth-order valence-electron chi connectivity index (χ4n) is 1.50. The number of hydrogen-bond acceptors (Lipinski definition) is 3. The summed E-state index contributed by atoms with van der Waals surface area (Å²) < 4.78 is 1.84. The summed E-state index contributed by atoms with van der Waals surface area (Å²) in [6.45, 7) is 0. The second kappa shape index (κ2) is 3.33. The van der Waals surface area contributed by atoms with Gasteiger partial charge in [-0.2, -0.15) is 5.10 Å². The zero-order valence-electron chi connectivity index (χ0n) is 7.47. The molecule has 2 heterocycles. The summed E-state index contributed by atoms with van der Waals surface area (Å²) >= 11 is 1.57. The molecule has 0 fully saturated rings. The van der Waals surface area contributed by atoms with Crippen LogP contribution in [0, 0.1) is 0 Å². The molecule has 1 aromatic carbocycles. The van der Waals surface area contributed by atoms with Crippen molar-refractivity contribution < 1.29 is 0 Å². The number of rotatable bonds is 0. The van der Waals surface area contributed by atoms with Crippen LogP contribution in [0.5, 0.6) is 0 Å². The van der Waals surface area contributed by atoms with E-state index in [2.05, 4.69) is 16.1 Å². The van der Waals surface area contributed by atoms with Gasteiger partial charge in [-0.1, -0.05) is 18.2 Å². The maximum atomic E-state index is 4.47. The van der Waals surface area contributed by atoms with Crippen LogP contribution in [0.15, 0.2) is 24.3 Å². The van der Waals surface area contributed by atoms with Gasteiger partial charge in [0.1, 0.15) is 5.69 Å². The number of benzene rings is 1. The highest BCUT2D eigenvalue weighted by Crippen LogP contribution is 2.31. The van der Waals surface area contributed by atoms with E-state index in [0.717, 1.165) is 21.6 Å². The molecular weight excluding hydrogens is 262 g/mol. The Labute approximate surface area is 95.6 Å². The minimum atomic E-state index is 0. The maximum absolute atomic E-state index is 4.47. The van der Waals surface area contributed by atoms with Crippen molar-refractivity contribution in [3.8, 4) is 10.7 Å². The minimum absolute atomic E-state index is 0. The predicted octanol–water partition coefficient (Wildman–Crippen LogP) is 2.71. The van der Waals surface area contributed by atoms with E-state index in [0.29, 0.717) is 0 Å². The molecule has 0 radical (unpaired) electrons. The van der Waals surface area contributed by atoms with Crippen LogP contribution in [-0.4, -0.2) is 14.2 Å². The number of hydrogen-bond donors (Lipinski definition) is 0. The van der Waals surface area contributed by atoms with Crippen molar-refractivity contribution in [2.24, 2.45) is 7.05 Å². The highest BCUT2D eigenvalue weighted by molar-refractivity contribution is 8.93. The van der Waals surface area contributed by atoms with Gasteiger partial charge in [-0.25, -0.2) is 9.06 Å². The van der Waals surface area contributed by atoms with Gasteiger partial charge in [0.25, 0.3) is 0 Å². The summed E-state index contributed by atoms with van der Waals surface area (Å²) in [5.74, 6) is 0. The summed E-state index contributed by atoms with van der Waals surface area (Å²) in [5.41, 5.74) is 2.06. The first-order valence-electron chi connectivity index (χ1n) is 4.03. The number of halogens is 1. The summed E-state index contributed by atoms with van der Waals surface area (Å²) in [7, 11) is 1.93. The molecule has 3 nitrogen and oxygen atoms in total. The molecule has 2 aliphatic heterocycles. The van der Waals surface area contributed by atoms with Crippen LogP contribution in [0.2, 0.25) is 0 Å². The van der Waals surface area contributed by atoms with Crippen molar-refractivity contribution in [3.05, 3.63) is 24.3 Å². The maximum Gasteiger partial charge on any atom is 0.162 e. The second-order valence-electron chi connectivity index (χ2n) is 2.94. The van der Waals surface area contributed by atoms with E-state index in [1.165, 1.54) is 0 Å². The Kier molecular flexibility index (Phi) is 2.28. The van der Waals surface area contributed by atoms with E-state index in [1.54, 1.807) is 11.5 Å². The molecule has 0 spiro atoms. The molecule has 0 amide bonds. The molecule has 1 aromatic rings. The van der Waals surface area contributed by atoms with E-state index >= 15 is 0 Å². The minimum Gasteiger partial charge on any atom is -0.234 e. The third-order valence-electron chi connectivity index (χ3n) is 2.04. The van der Waals surface area contributed by atoms with Crippen LogP contribution < -0.4 is 0 Å². The monoisotopic (exact) mass is 269 g/mol. The molecular formula is C9H8BrN3S. The Balaban J connectivity index is 0.000000750. The van der Waals surface area contributed by atoms with E-state index < -0.39 is 0 Å². The predicted molar refractivity (Wildman–Crippen MR) is 63.3 cm³/mol. The third kappa shape index (κ3) is 1.24. The molecule has 0 unspecified atom stereocenters. The molecule has 0 bridgehead atoms. The molecule has 0 aliphatic carbocycles. The van der Waals surface area contributed by atoms with Crippen LogP contribution in [0.1, 0.15) is 0 Å². The molecule has 2 aliphatic rings. The largest absolute Gasteiger partial charge is 0.234 e. The Bertz CT molecular complexity index is 542. The summed E-state index contributed by atoms with van der Waals surface area (Å²) in [5, 5.41) is 6.54. The summed E-state index contributed by atoms with van der Waals surface area (Å²) in [6.07, 6.45) is 0. The Morgan fingerprint density at radius 3 is 2.93 bits per heavy atom. The standard InChI is InChI=1S/C9H7N3S.BrH/c1-12-11-8-6-4-2-3-5-7(6)10-9(8)13-12;/h2-5H,1H3;1H. The van der Waals surface area contributed by atoms with Crippen LogP contribution in [-0.2, 0) is 7.05 Å². The zero-order valence-corrected chi connectivity index (χ0v) is 10.00. The summed E-state index contributed by atoms with van der Waals surface area (Å²) in [4.78, 5) is 4.47. The zero-order chi connectivity index (χ0) is 8.84. The number of aromatic nitrogens is 3. The molecule has 0 atom stereocenters. The topological polar surface area (TPSA) is 30.7 Å². The van der Waals surface area contributed by atoms with Gasteiger partial charge in [0.2, 0.25) is 0 Å². The van der Waals surface area contributed by atoms with Gasteiger partial charge >= 0.3 is 0 Å². The van der Waals surface area contributed by atoms with Crippen molar-refractivity contribution >= 4 is 39.4 Å². The normalized spacial score (nSPS) is 10.6. The van der Waals surface area contributed by atoms with Gasteiger partial charge in [-0.3, -0.25) is 0 Å². The SMILES string of the molecule is Br.Cn1nc2c3ccccc3nc-2s1. The smallest absolute Gasteiger partial charge is 0.162 e. The lowest BCUT2D eigenvalue weighted by Crippen LogP contribution is -1.83. The molecule has 5 heteroatoms. The quantitative estimate of drug-likeness (QED) is 0.628. The van der Waals surface area contributed by atoms with E-state index in [4.69, 9.17) is 0 Å². The average molecular weight is 270 g/mol. The van der Waals surface area contributed by atoms with Gasteiger partial charge < -0.3 is 0 Å². The molecule has 0 aromatic heterocycles. The van der Waals surface area contributed by atoms with Crippen LogP contribution >= 0.6 is 28.5 Å². The second-order valence-corrected chi connectivity index (χ2v) is 4.04. The van der Waals surface area contributed by atoms with Crippen LogP contribution in [0.4, 0.5) is 0 Å². The molecule has 0 saturated carbocycles. The van der Waals surface area contributed by atoms with Crippen molar-refractivity contribution in [1.82, 2.24) is 14.2 Å². The van der Waals surface area contributed by atoms with Crippen molar-refractivity contribution in [2.75, 3.05) is 0 Å². The molecule has 3 rings (SSSR count). The van der Waals surface area contributed by atoms with Gasteiger partial charge in [-0.05, 0) is 17.6 Å². The highest BCUT2D eigenvalue weighted by Gasteiger charge is 2.15. The fraction of sp³-hybridized carbons (Fsp3) is 0.111. The van der Waals surface area contributed by atoms with E-state index in [9.17, 15) is 0 Å². The Hall–Kier alpha value is -0.940. The number of fused-ring (bicyclic) bond motifs is 3. The first kappa shape index (κ1) is 9.61. The van der Waals surface area contributed by atoms with Gasteiger partial charge in [-0.15, -0.1) is 17.0 Å². The average Bonchev–Trinajstić information content (AvgIpc) is 2.60. The van der Waals surface area contributed by atoms with Crippen molar-refractivity contribution in [3.63, 3.8) is 0 Å². The van der Waals surface area contributed by atoms with Gasteiger partial charge in [0.05, 0.1) is 5.52 Å². The number of para-hydroxylation sites is 1. The molecule has 72 valence electrons. The first-order chi connectivity index (χ1) is 6.34. The Morgan fingerprint density at radius 2 is 2.07 bits per heavy atom. The molecule has 0 N–H and O–H groups in total. The lowest BCUT2D eigenvalue weighted by Gasteiger charge is -1.86. The van der Waals surface area contributed by atoms with E-state index in [-0.39, 0.29) is 17.0 Å². The van der Waals surface area contributed by atoms with Crippen LogP contribution in [0.3, 0.4) is 0 Å². The van der Waals surface area contributed by atoms with Gasteiger partial charge in [0, 0.05) is 12.4 Å². The van der Waals surface area contributed by atoms with E-state index in [1.807, 2.05) is 29.3 Å². The molecule has 14 heavy (non-hydrogen) atoms. The fourth-order valence-corrected chi connectivity index (χ4v) is 2.24. The van der Waals surface area contributed by atoms with Crippen LogP contribution in [0.25, 0.3) is 21.6 Å². The molecule has 0 saturated heterocycles. The van der Waals surface area contributed by atoms with Gasteiger partial charge in [0.15, 0.2) is 5.01 Å². The highest BCUT2D eigenvalue weighted by atomic mass is 79.9. The van der Waals surface area contributed by atoms with Crippen molar-refractivity contribution in [2.45, 2.75) is 0 Å². The number of aryl methyl sites for hydroxylation is 1. The lowest BCUT2D eigenvalue weighted by atomic mass is 10.2. The van der Waals surface area contributed by atoms with Crippen molar-refractivity contribution in [1.29, 1.82) is 0 Å². The lowest BCUT2D eigenvalue weighted by molar-refractivity contribution is 0.849. The summed E-state index contributed by atoms with van der Waals surface area (Å²) in [6, 6.07) is 8.09. The Morgan fingerprint density at radius 1 is 1.29 bits per heavy atom. The first-order valence-corrected chi connectivity index (χ1v) is 4.81. The third-order valence-corrected chi connectivity index (χ3v) is 2.85. The number of nitrogens with zero attached hydrogens (tertiary/aromatic N) is 3.